The highest BCUT2D eigenvalue weighted by Crippen LogP contribution is 2.08. The Balaban J connectivity index is 2.14. The maximum atomic E-state index is 11.6. The summed E-state index contributed by atoms with van der Waals surface area (Å²) in [7, 11) is 0. The van der Waals surface area contributed by atoms with Crippen LogP contribution in [-0.2, 0) is 6.54 Å². The number of Topliss-reactive ketones (excluding diaryl/α,β-unsaturated/α-hetero) is 1. The molecular formula is C14H15N3O. The van der Waals surface area contributed by atoms with Crippen LogP contribution < -0.4 is 0 Å². The van der Waals surface area contributed by atoms with Crippen molar-refractivity contribution in [2.45, 2.75) is 19.9 Å². The van der Waals surface area contributed by atoms with E-state index in [-0.39, 0.29) is 18.0 Å². The van der Waals surface area contributed by atoms with Crippen LogP contribution in [0.5, 0.6) is 0 Å². The predicted molar refractivity (Wildman–Crippen MR) is 69.4 cm³/mol. The summed E-state index contributed by atoms with van der Waals surface area (Å²) < 4.78 is 1.68. The lowest BCUT2D eigenvalue weighted by atomic mass is 10.1. The number of ketones is 1. The van der Waals surface area contributed by atoms with Crippen LogP contribution in [0.1, 0.15) is 28.2 Å². The summed E-state index contributed by atoms with van der Waals surface area (Å²) in [5, 5.41) is 4.17. The van der Waals surface area contributed by atoms with E-state index in [4.69, 9.17) is 0 Å². The maximum Gasteiger partial charge on any atom is 0.217 e. The van der Waals surface area contributed by atoms with Gasteiger partial charge in [0.1, 0.15) is 6.33 Å². The van der Waals surface area contributed by atoms with Gasteiger partial charge in [0.25, 0.3) is 0 Å². The number of aromatic nitrogens is 3. The Labute approximate surface area is 106 Å². The number of carbonyl (C=O) groups excluding carboxylic acids is 1. The summed E-state index contributed by atoms with van der Waals surface area (Å²) in [6.07, 6.45) is 3.42. The van der Waals surface area contributed by atoms with E-state index in [1.54, 1.807) is 17.1 Å². The fraction of sp³-hybridized carbons (Fsp3) is 0.214. The fourth-order valence-electron chi connectivity index (χ4n) is 1.68. The Bertz CT molecular complexity index is 572. The topological polar surface area (TPSA) is 47.8 Å². The van der Waals surface area contributed by atoms with Gasteiger partial charge in [-0.1, -0.05) is 30.3 Å². The Morgan fingerprint density at radius 1 is 1.44 bits per heavy atom. The van der Waals surface area contributed by atoms with E-state index in [1.807, 2.05) is 18.2 Å². The average molecular weight is 241 g/mol. The Morgan fingerprint density at radius 2 is 2.22 bits per heavy atom. The number of carbonyl (C=O) groups is 1. The minimum Gasteiger partial charge on any atom is -0.290 e. The molecular weight excluding hydrogens is 226 g/mol. The lowest BCUT2D eigenvalue weighted by Crippen LogP contribution is -2.05. The smallest absolute Gasteiger partial charge is 0.217 e. The molecule has 18 heavy (non-hydrogen) atoms. The summed E-state index contributed by atoms with van der Waals surface area (Å²) in [5.74, 6) is 0.150. The summed E-state index contributed by atoms with van der Waals surface area (Å²) in [4.78, 5) is 15.6. The molecule has 0 spiro atoms. The molecule has 1 aromatic carbocycles. The van der Waals surface area contributed by atoms with Gasteiger partial charge in [0.05, 0.1) is 6.54 Å². The van der Waals surface area contributed by atoms with Crippen molar-refractivity contribution >= 4 is 5.78 Å². The number of hydrogen-bond donors (Lipinski definition) is 0. The number of nitrogens with zero attached hydrogens (tertiary/aromatic N) is 3. The van der Waals surface area contributed by atoms with Crippen molar-refractivity contribution in [2.75, 3.05) is 0 Å². The van der Waals surface area contributed by atoms with Gasteiger partial charge < -0.3 is 0 Å². The van der Waals surface area contributed by atoms with E-state index in [0.717, 1.165) is 0 Å². The van der Waals surface area contributed by atoms with Gasteiger partial charge in [-0.15, -0.1) is 11.7 Å². The van der Waals surface area contributed by atoms with Crippen molar-refractivity contribution in [3.8, 4) is 0 Å². The van der Waals surface area contributed by atoms with Gasteiger partial charge >= 0.3 is 0 Å². The molecule has 2 aromatic rings. The van der Waals surface area contributed by atoms with Crippen molar-refractivity contribution in [1.82, 2.24) is 14.8 Å². The zero-order chi connectivity index (χ0) is 13.0. The third-order valence-corrected chi connectivity index (χ3v) is 2.71. The Morgan fingerprint density at radius 3 is 2.94 bits per heavy atom. The second-order valence-corrected chi connectivity index (χ2v) is 4.11. The molecule has 2 rings (SSSR count). The third kappa shape index (κ3) is 2.71. The SMILES string of the molecule is C=CCC(=O)c1ncn(Cc2ccccc2C)n1. The van der Waals surface area contributed by atoms with E-state index in [1.165, 1.54) is 11.1 Å². The number of aryl methyl sites for hydroxylation is 1. The monoisotopic (exact) mass is 241 g/mol. The van der Waals surface area contributed by atoms with E-state index in [9.17, 15) is 4.79 Å². The maximum absolute atomic E-state index is 11.6. The van der Waals surface area contributed by atoms with Crippen LogP contribution in [0.3, 0.4) is 0 Å². The first-order valence-corrected chi connectivity index (χ1v) is 5.78. The van der Waals surface area contributed by atoms with Crippen molar-refractivity contribution in [3.63, 3.8) is 0 Å². The van der Waals surface area contributed by atoms with Gasteiger partial charge in [-0.05, 0) is 18.1 Å². The third-order valence-electron chi connectivity index (χ3n) is 2.71. The number of benzene rings is 1. The summed E-state index contributed by atoms with van der Waals surface area (Å²) in [6, 6.07) is 8.08. The highest BCUT2D eigenvalue weighted by molar-refractivity contribution is 5.93. The van der Waals surface area contributed by atoms with Crippen LogP contribution >= 0.6 is 0 Å². The van der Waals surface area contributed by atoms with E-state index in [0.29, 0.717) is 6.54 Å². The summed E-state index contributed by atoms with van der Waals surface area (Å²) >= 11 is 0. The van der Waals surface area contributed by atoms with Crippen molar-refractivity contribution < 1.29 is 4.79 Å². The van der Waals surface area contributed by atoms with Crippen LogP contribution in [0.4, 0.5) is 0 Å². The van der Waals surface area contributed by atoms with Crippen LogP contribution in [0.15, 0.2) is 43.2 Å². The van der Waals surface area contributed by atoms with Gasteiger partial charge in [0.2, 0.25) is 11.6 Å². The molecule has 0 aliphatic carbocycles. The molecule has 0 aliphatic rings. The van der Waals surface area contributed by atoms with Crippen LogP contribution in [0, 0.1) is 6.92 Å². The molecule has 0 radical (unpaired) electrons. The molecule has 0 bridgehead atoms. The molecule has 4 heteroatoms. The molecule has 0 fully saturated rings. The molecule has 0 amide bonds. The largest absolute Gasteiger partial charge is 0.290 e. The summed E-state index contributed by atoms with van der Waals surface area (Å²) in [5.41, 5.74) is 2.37. The van der Waals surface area contributed by atoms with Crippen LogP contribution in [0.25, 0.3) is 0 Å². The van der Waals surface area contributed by atoms with E-state index < -0.39 is 0 Å². The predicted octanol–water partition coefficient (Wildman–Crippen LogP) is 2.39. The molecule has 0 saturated heterocycles. The molecule has 0 N–H and O–H groups in total. The first kappa shape index (κ1) is 12.2. The first-order valence-electron chi connectivity index (χ1n) is 5.78. The Hall–Kier alpha value is -2.23. The molecule has 92 valence electrons. The quantitative estimate of drug-likeness (QED) is 0.596. The molecule has 0 atom stereocenters. The second kappa shape index (κ2) is 5.40. The van der Waals surface area contributed by atoms with Crippen LogP contribution in [0.2, 0.25) is 0 Å². The van der Waals surface area contributed by atoms with E-state index >= 15 is 0 Å². The average Bonchev–Trinajstić information content (AvgIpc) is 2.81. The summed E-state index contributed by atoms with van der Waals surface area (Å²) in [6.45, 7) is 6.21. The molecule has 0 unspecified atom stereocenters. The highest BCUT2D eigenvalue weighted by Gasteiger charge is 2.09. The van der Waals surface area contributed by atoms with Gasteiger partial charge in [-0.3, -0.25) is 4.79 Å². The Kier molecular flexibility index (Phi) is 3.67. The van der Waals surface area contributed by atoms with E-state index in [2.05, 4.69) is 29.7 Å². The number of hydrogen-bond acceptors (Lipinski definition) is 3. The number of allylic oxidation sites excluding steroid dienone is 1. The van der Waals surface area contributed by atoms with Gasteiger partial charge in [-0.2, -0.15) is 0 Å². The molecule has 1 heterocycles. The highest BCUT2D eigenvalue weighted by atomic mass is 16.1. The lowest BCUT2D eigenvalue weighted by Gasteiger charge is -2.04. The normalized spacial score (nSPS) is 10.3. The van der Waals surface area contributed by atoms with Gasteiger partial charge in [0, 0.05) is 6.42 Å². The molecule has 4 nitrogen and oxygen atoms in total. The zero-order valence-corrected chi connectivity index (χ0v) is 10.3. The first-order chi connectivity index (χ1) is 8.70. The van der Waals surface area contributed by atoms with Gasteiger partial charge in [-0.25, -0.2) is 9.67 Å². The molecule has 0 saturated carbocycles. The second-order valence-electron chi connectivity index (χ2n) is 4.11. The van der Waals surface area contributed by atoms with Crippen LogP contribution in [-0.4, -0.2) is 20.5 Å². The fourth-order valence-corrected chi connectivity index (χ4v) is 1.68. The minimum atomic E-state index is -0.103. The minimum absolute atomic E-state index is 0.103. The van der Waals surface area contributed by atoms with Gasteiger partial charge in [0.15, 0.2) is 0 Å². The van der Waals surface area contributed by atoms with Crippen molar-refractivity contribution in [2.24, 2.45) is 0 Å². The zero-order valence-electron chi connectivity index (χ0n) is 10.3. The lowest BCUT2D eigenvalue weighted by molar-refractivity contribution is 0.0986. The van der Waals surface area contributed by atoms with Crippen molar-refractivity contribution in [3.05, 3.63) is 60.2 Å². The standard InChI is InChI=1S/C14H15N3O/c1-3-6-13(18)14-15-10-17(16-14)9-12-8-5-4-7-11(12)2/h3-5,7-8,10H,1,6,9H2,2H3. The molecule has 0 aliphatic heterocycles. The number of rotatable bonds is 5. The molecule has 1 aromatic heterocycles. The van der Waals surface area contributed by atoms with Crippen molar-refractivity contribution in [1.29, 1.82) is 0 Å².